The van der Waals surface area contributed by atoms with Crippen LogP contribution in [0.5, 0.6) is 0 Å². The molecule has 0 saturated carbocycles. The maximum atomic E-state index is 11.3. The van der Waals surface area contributed by atoms with Gasteiger partial charge in [0.25, 0.3) is 0 Å². The van der Waals surface area contributed by atoms with Gasteiger partial charge in [-0.25, -0.2) is 8.42 Å². The largest absolute Gasteiger partial charge is 1.00 e. The third-order valence-electron chi connectivity index (χ3n) is 4.50. The van der Waals surface area contributed by atoms with E-state index in [0.29, 0.717) is 25.7 Å². The number of hydrogen-bond donors (Lipinski definition) is 1. The Balaban J connectivity index is 0. The van der Waals surface area contributed by atoms with Crippen LogP contribution in [0.3, 0.4) is 0 Å². The molecule has 0 aromatic heterocycles. The van der Waals surface area contributed by atoms with E-state index in [9.17, 15) is 18.1 Å². The molecular formula is C18H37KO4S. The Bertz CT molecular complexity index is 360. The standard InChI is InChI=1S/C18H38O4S.K/c1-3-5-7-9-10-11-13-17(19)15-16-18(23(20,21)22)14-12-8-6-4-2;/h17-19H,3-16H2,1-2H3,(H,20,21,22);/q;+1/p-1. The van der Waals surface area contributed by atoms with Crippen molar-refractivity contribution >= 4 is 10.1 Å². The maximum Gasteiger partial charge on any atom is 1.00 e. The van der Waals surface area contributed by atoms with Gasteiger partial charge in [0.1, 0.15) is 0 Å². The van der Waals surface area contributed by atoms with Crippen LogP contribution in [0.25, 0.3) is 0 Å². The number of hydrogen-bond acceptors (Lipinski definition) is 4. The van der Waals surface area contributed by atoms with Gasteiger partial charge >= 0.3 is 51.4 Å². The van der Waals surface area contributed by atoms with E-state index < -0.39 is 21.5 Å². The minimum Gasteiger partial charge on any atom is -0.748 e. The summed E-state index contributed by atoms with van der Waals surface area (Å²) in [6, 6.07) is 0. The molecule has 140 valence electrons. The molecule has 0 saturated heterocycles. The monoisotopic (exact) mass is 388 g/mol. The molecule has 0 fully saturated rings. The summed E-state index contributed by atoms with van der Waals surface area (Å²) in [5.74, 6) is 0. The smallest absolute Gasteiger partial charge is 0.748 e. The van der Waals surface area contributed by atoms with Crippen molar-refractivity contribution in [3.05, 3.63) is 0 Å². The molecule has 2 atom stereocenters. The Kier molecular flexibility index (Phi) is 20.7. The van der Waals surface area contributed by atoms with Gasteiger partial charge in [-0.05, 0) is 25.7 Å². The average Bonchev–Trinajstić information content (AvgIpc) is 2.48. The van der Waals surface area contributed by atoms with Crippen LogP contribution < -0.4 is 51.4 Å². The molecule has 0 amide bonds. The van der Waals surface area contributed by atoms with Crippen LogP contribution in [0.4, 0.5) is 0 Å². The average molecular weight is 389 g/mol. The summed E-state index contributed by atoms with van der Waals surface area (Å²) in [4.78, 5) is 0. The summed E-state index contributed by atoms with van der Waals surface area (Å²) >= 11 is 0. The number of aliphatic hydroxyl groups excluding tert-OH is 1. The zero-order valence-corrected chi connectivity index (χ0v) is 20.1. The van der Waals surface area contributed by atoms with Crippen LogP contribution in [0.2, 0.25) is 0 Å². The van der Waals surface area contributed by atoms with Crippen molar-refractivity contribution in [2.75, 3.05) is 0 Å². The Labute approximate surface area is 192 Å². The quantitative estimate of drug-likeness (QED) is 0.248. The van der Waals surface area contributed by atoms with Crippen molar-refractivity contribution in [3.8, 4) is 0 Å². The van der Waals surface area contributed by atoms with E-state index in [1.54, 1.807) is 0 Å². The molecule has 0 aliphatic carbocycles. The van der Waals surface area contributed by atoms with Crippen molar-refractivity contribution in [1.29, 1.82) is 0 Å². The van der Waals surface area contributed by atoms with Gasteiger partial charge in [-0.3, -0.25) is 0 Å². The topological polar surface area (TPSA) is 77.4 Å². The molecule has 1 N–H and O–H groups in total. The SMILES string of the molecule is CCCCCCCCC(O)CCC(CCCCCC)S(=O)(=O)[O-].[K+]. The molecule has 0 bridgehead atoms. The van der Waals surface area contributed by atoms with Crippen LogP contribution in [0, 0.1) is 0 Å². The van der Waals surface area contributed by atoms with E-state index in [0.717, 1.165) is 38.5 Å². The molecule has 4 nitrogen and oxygen atoms in total. The summed E-state index contributed by atoms with van der Waals surface area (Å²) in [6.07, 6.45) is 12.4. The summed E-state index contributed by atoms with van der Waals surface area (Å²) < 4.78 is 34.0. The second-order valence-corrected chi connectivity index (χ2v) is 8.40. The number of aliphatic hydroxyl groups is 1. The van der Waals surface area contributed by atoms with E-state index >= 15 is 0 Å². The second kappa shape index (κ2) is 17.9. The fourth-order valence-electron chi connectivity index (χ4n) is 2.91. The predicted molar refractivity (Wildman–Crippen MR) is 95.5 cm³/mol. The molecule has 0 aliphatic heterocycles. The molecule has 2 unspecified atom stereocenters. The van der Waals surface area contributed by atoms with Crippen LogP contribution in [-0.2, 0) is 10.1 Å². The summed E-state index contributed by atoms with van der Waals surface area (Å²) in [5, 5.41) is 9.16. The molecule has 0 rings (SSSR count). The van der Waals surface area contributed by atoms with Gasteiger partial charge < -0.3 is 9.66 Å². The first-order valence-electron chi connectivity index (χ1n) is 9.54. The first-order chi connectivity index (χ1) is 10.9. The Hall–Kier alpha value is 1.51. The van der Waals surface area contributed by atoms with Crippen LogP contribution in [0.1, 0.15) is 104 Å². The fourth-order valence-corrected chi connectivity index (χ4v) is 3.79. The molecule has 0 heterocycles. The molecule has 6 heteroatoms. The summed E-state index contributed by atoms with van der Waals surface area (Å²) in [5.41, 5.74) is 0. The van der Waals surface area contributed by atoms with Gasteiger partial charge in [0, 0.05) is 5.25 Å². The van der Waals surface area contributed by atoms with Crippen molar-refractivity contribution < 1.29 is 69.5 Å². The van der Waals surface area contributed by atoms with E-state index in [1.165, 1.54) is 25.7 Å². The van der Waals surface area contributed by atoms with Crippen molar-refractivity contribution in [2.24, 2.45) is 0 Å². The van der Waals surface area contributed by atoms with E-state index in [4.69, 9.17) is 0 Å². The molecule has 24 heavy (non-hydrogen) atoms. The summed E-state index contributed by atoms with van der Waals surface area (Å²) in [7, 11) is -4.24. The van der Waals surface area contributed by atoms with Gasteiger partial charge in [-0.2, -0.15) is 0 Å². The van der Waals surface area contributed by atoms with Gasteiger partial charge in [-0.1, -0.05) is 78.1 Å². The second-order valence-electron chi connectivity index (χ2n) is 6.75. The van der Waals surface area contributed by atoms with Gasteiger partial charge in [0.15, 0.2) is 0 Å². The fraction of sp³-hybridized carbons (Fsp3) is 1.00. The molecular weight excluding hydrogens is 351 g/mol. The van der Waals surface area contributed by atoms with E-state index in [1.807, 2.05) is 0 Å². The van der Waals surface area contributed by atoms with Crippen molar-refractivity contribution in [2.45, 2.75) is 115 Å². The van der Waals surface area contributed by atoms with Gasteiger partial charge in [-0.15, -0.1) is 0 Å². The molecule has 0 radical (unpaired) electrons. The Morgan fingerprint density at radius 2 is 1.21 bits per heavy atom. The predicted octanol–water partition coefficient (Wildman–Crippen LogP) is 1.77. The maximum absolute atomic E-state index is 11.3. The molecule has 0 aromatic carbocycles. The first kappa shape index (κ1) is 27.7. The van der Waals surface area contributed by atoms with E-state index in [-0.39, 0.29) is 51.4 Å². The van der Waals surface area contributed by atoms with Crippen LogP contribution in [0.15, 0.2) is 0 Å². The van der Waals surface area contributed by atoms with Crippen molar-refractivity contribution in [3.63, 3.8) is 0 Å². The van der Waals surface area contributed by atoms with Crippen LogP contribution >= 0.6 is 0 Å². The third-order valence-corrected chi connectivity index (χ3v) is 5.79. The molecule has 0 aromatic rings. The number of unbranched alkanes of at least 4 members (excludes halogenated alkanes) is 8. The Morgan fingerprint density at radius 1 is 0.750 bits per heavy atom. The molecule has 0 aliphatic rings. The zero-order chi connectivity index (χ0) is 17.6. The normalized spacial score (nSPS) is 14.2. The number of rotatable bonds is 16. The van der Waals surface area contributed by atoms with Gasteiger partial charge in [0.05, 0.1) is 16.2 Å². The van der Waals surface area contributed by atoms with Crippen molar-refractivity contribution in [1.82, 2.24) is 0 Å². The minimum absolute atomic E-state index is 0. The first-order valence-corrected chi connectivity index (χ1v) is 11.0. The summed E-state index contributed by atoms with van der Waals surface area (Å²) in [6.45, 7) is 4.28. The minimum atomic E-state index is -4.24. The van der Waals surface area contributed by atoms with Gasteiger partial charge in [0.2, 0.25) is 0 Å². The van der Waals surface area contributed by atoms with E-state index in [2.05, 4.69) is 13.8 Å². The Morgan fingerprint density at radius 3 is 1.75 bits per heavy atom. The zero-order valence-electron chi connectivity index (χ0n) is 16.1. The third kappa shape index (κ3) is 16.9. The molecule has 0 spiro atoms. The van der Waals surface area contributed by atoms with Crippen LogP contribution in [-0.4, -0.2) is 29.4 Å².